The third kappa shape index (κ3) is 5.71. The number of fused-ring (bicyclic) bond motifs is 12. The summed E-state index contributed by atoms with van der Waals surface area (Å²) >= 11 is 0. The van der Waals surface area contributed by atoms with Gasteiger partial charge in [0.1, 0.15) is 0 Å². The molecule has 0 atom stereocenters. The molecule has 0 aliphatic heterocycles. The quantitative estimate of drug-likeness (QED) is 0.158. The first-order valence-corrected chi connectivity index (χ1v) is 24.1. The second-order valence-electron chi connectivity index (χ2n) is 18.5. The van der Waals surface area contributed by atoms with Crippen LogP contribution in [0.5, 0.6) is 0 Å². The molecule has 4 heterocycles. The minimum atomic E-state index is 1.11. The van der Waals surface area contributed by atoms with Gasteiger partial charge in [0.2, 0.25) is 0 Å². The average Bonchev–Trinajstić information content (AvgIpc) is 4.16. The summed E-state index contributed by atoms with van der Waals surface area (Å²) in [6.45, 7) is 0. The molecule has 0 saturated heterocycles. The summed E-state index contributed by atoms with van der Waals surface area (Å²) in [4.78, 5) is 0. The Morgan fingerprint density at radius 2 is 0.357 bits per heavy atom. The Morgan fingerprint density at radius 1 is 0.157 bits per heavy atom. The molecule has 0 bridgehead atoms. The van der Waals surface area contributed by atoms with Crippen molar-refractivity contribution in [3.8, 4) is 45.0 Å². The van der Waals surface area contributed by atoms with Crippen molar-refractivity contribution in [1.29, 1.82) is 0 Å². The highest BCUT2D eigenvalue weighted by atomic mass is 15.0. The summed E-state index contributed by atoms with van der Waals surface area (Å²) < 4.78 is 9.79. The molecule has 0 aliphatic carbocycles. The molecule has 0 saturated carbocycles. The van der Waals surface area contributed by atoms with E-state index in [-0.39, 0.29) is 0 Å². The highest BCUT2D eigenvalue weighted by Crippen LogP contribution is 2.41. The maximum Gasteiger partial charge on any atom is 0.0541 e. The van der Waals surface area contributed by atoms with Gasteiger partial charge in [0.05, 0.1) is 44.1 Å². The van der Waals surface area contributed by atoms with Gasteiger partial charge in [-0.15, -0.1) is 0 Å². The predicted octanol–water partition coefficient (Wildman–Crippen LogP) is 17.4. The van der Waals surface area contributed by atoms with Crippen LogP contribution < -0.4 is 0 Å². The van der Waals surface area contributed by atoms with Crippen LogP contribution in [0.25, 0.3) is 132 Å². The lowest BCUT2D eigenvalue weighted by Gasteiger charge is -2.17. The van der Waals surface area contributed by atoms with E-state index >= 15 is 0 Å². The van der Waals surface area contributed by atoms with E-state index in [9.17, 15) is 0 Å². The van der Waals surface area contributed by atoms with Crippen molar-refractivity contribution in [2.75, 3.05) is 0 Å². The van der Waals surface area contributed by atoms with Gasteiger partial charge in [-0.3, -0.25) is 0 Å². The lowest BCUT2D eigenvalue weighted by atomic mass is 9.97. The van der Waals surface area contributed by atoms with Crippen molar-refractivity contribution < 1.29 is 0 Å². The second-order valence-corrected chi connectivity index (χ2v) is 18.5. The first kappa shape index (κ1) is 38.7. The Kier molecular flexibility index (Phi) is 8.33. The fraction of sp³-hybridized carbons (Fsp3) is 0. The third-order valence-electron chi connectivity index (χ3n) is 14.7. The lowest BCUT2D eigenvalue weighted by molar-refractivity contribution is 1.13. The maximum absolute atomic E-state index is 2.45. The fourth-order valence-electron chi connectivity index (χ4n) is 11.7. The smallest absolute Gasteiger partial charge is 0.0541 e. The fourth-order valence-corrected chi connectivity index (χ4v) is 11.7. The third-order valence-corrected chi connectivity index (χ3v) is 14.7. The predicted molar refractivity (Wildman–Crippen MR) is 295 cm³/mol. The summed E-state index contributed by atoms with van der Waals surface area (Å²) in [5.74, 6) is 0. The van der Waals surface area contributed by atoms with Crippen molar-refractivity contribution >= 4 is 87.2 Å². The Hall–Kier alpha value is -9.38. The molecule has 15 aromatic rings. The number of para-hydroxylation sites is 8. The molecule has 70 heavy (non-hydrogen) atoms. The molecule has 0 N–H and O–H groups in total. The monoisotopic (exact) mass is 890 g/mol. The number of aromatic nitrogens is 4. The van der Waals surface area contributed by atoms with Gasteiger partial charge in [-0.05, 0) is 113 Å². The van der Waals surface area contributed by atoms with Gasteiger partial charge in [-0.2, -0.15) is 0 Å². The van der Waals surface area contributed by atoms with E-state index in [2.05, 4.69) is 273 Å². The normalized spacial score (nSPS) is 12.0. The molecular weight excluding hydrogens is 849 g/mol. The van der Waals surface area contributed by atoms with E-state index in [1.807, 2.05) is 0 Å². The van der Waals surface area contributed by atoms with Crippen molar-refractivity contribution in [3.63, 3.8) is 0 Å². The van der Waals surface area contributed by atoms with Crippen LogP contribution in [0.15, 0.2) is 255 Å². The van der Waals surface area contributed by atoms with Crippen LogP contribution in [0.1, 0.15) is 0 Å². The summed E-state index contributed by atoms with van der Waals surface area (Å²) in [5, 5.41) is 9.93. The van der Waals surface area contributed by atoms with Crippen molar-refractivity contribution in [2.45, 2.75) is 0 Å². The highest BCUT2D eigenvalue weighted by Gasteiger charge is 2.20. The Morgan fingerprint density at radius 3 is 0.571 bits per heavy atom. The van der Waals surface area contributed by atoms with Gasteiger partial charge in [0, 0.05) is 65.8 Å². The standard InChI is InChI=1S/C66H42N4/c1-9-28-59-51(20-1)52-21-2-10-29-60(52)67(59)47-37-45(38-48(41-47)68-61-30-11-3-22-53(61)54-23-4-12-31-62(54)68)43-18-17-19-44(36-43)46-39-49(69-63-32-13-5-24-55(63)56-25-6-14-33-64(56)69)42-50(40-46)70-65-34-15-7-26-57(65)58-27-8-16-35-66(58)70/h1-42H. The molecule has 11 aromatic carbocycles. The summed E-state index contributed by atoms with van der Waals surface area (Å²) in [6.07, 6.45) is 0. The van der Waals surface area contributed by atoms with Crippen LogP contribution in [0, 0.1) is 0 Å². The minimum absolute atomic E-state index is 1.11. The van der Waals surface area contributed by atoms with E-state index in [4.69, 9.17) is 0 Å². The Balaban J connectivity index is 0.993. The molecule has 326 valence electrons. The molecule has 0 fully saturated rings. The minimum Gasteiger partial charge on any atom is -0.309 e. The van der Waals surface area contributed by atoms with Crippen LogP contribution in [0.2, 0.25) is 0 Å². The molecule has 4 nitrogen and oxygen atoms in total. The lowest BCUT2D eigenvalue weighted by Crippen LogP contribution is -2.00. The van der Waals surface area contributed by atoms with E-state index < -0.39 is 0 Å². The van der Waals surface area contributed by atoms with Gasteiger partial charge in [-0.1, -0.05) is 164 Å². The highest BCUT2D eigenvalue weighted by molar-refractivity contribution is 6.13. The van der Waals surface area contributed by atoms with Crippen LogP contribution in [0.3, 0.4) is 0 Å². The van der Waals surface area contributed by atoms with Crippen LogP contribution >= 0.6 is 0 Å². The number of rotatable bonds is 6. The van der Waals surface area contributed by atoms with Crippen molar-refractivity contribution in [2.24, 2.45) is 0 Å². The van der Waals surface area contributed by atoms with Gasteiger partial charge in [0.25, 0.3) is 0 Å². The number of benzene rings is 11. The summed E-state index contributed by atoms with van der Waals surface area (Å²) in [5.41, 5.74) is 18.5. The van der Waals surface area contributed by atoms with Crippen molar-refractivity contribution in [3.05, 3.63) is 255 Å². The van der Waals surface area contributed by atoms with Crippen LogP contribution in [-0.2, 0) is 0 Å². The molecule has 0 unspecified atom stereocenters. The zero-order valence-electron chi connectivity index (χ0n) is 38.0. The summed E-state index contributed by atoms with van der Waals surface area (Å²) in [7, 11) is 0. The van der Waals surface area contributed by atoms with Gasteiger partial charge < -0.3 is 18.3 Å². The van der Waals surface area contributed by atoms with E-state index in [1.54, 1.807) is 0 Å². The van der Waals surface area contributed by atoms with Crippen LogP contribution in [-0.4, -0.2) is 18.3 Å². The molecule has 15 rings (SSSR count). The molecular formula is C66H42N4. The first-order chi connectivity index (χ1) is 34.7. The van der Waals surface area contributed by atoms with Gasteiger partial charge in [0.15, 0.2) is 0 Å². The van der Waals surface area contributed by atoms with E-state index in [1.165, 1.54) is 87.2 Å². The van der Waals surface area contributed by atoms with Crippen molar-refractivity contribution in [1.82, 2.24) is 18.3 Å². The van der Waals surface area contributed by atoms with Crippen LogP contribution in [0.4, 0.5) is 0 Å². The number of hydrogen-bond acceptors (Lipinski definition) is 0. The molecule has 0 aliphatic rings. The first-order valence-electron chi connectivity index (χ1n) is 24.1. The Labute approximate surface area is 403 Å². The molecule has 0 radical (unpaired) electrons. The Bertz CT molecular complexity index is 3840. The van der Waals surface area contributed by atoms with E-state index in [0.29, 0.717) is 0 Å². The zero-order chi connectivity index (χ0) is 45.9. The zero-order valence-corrected chi connectivity index (χ0v) is 38.0. The second kappa shape index (κ2) is 15.1. The van der Waals surface area contributed by atoms with Gasteiger partial charge >= 0.3 is 0 Å². The average molecular weight is 891 g/mol. The largest absolute Gasteiger partial charge is 0.309 e. The molecule has 0 spiro atoms. The molecule has 0 amide bonds. The number of nitrogens with zero attached hydrogens (tertiary/aromatic N) is 4. The maximum atomic E-state index is 2.45. The number of hydrogen-bond donors (Lipinski definition) is 0. The van der Waals surface area contributed by atoms with E-state index in [0.717, 1.165) is 45.0 Å². The SMILES string of the molecule is c1cc(-c2cc(-n3c4ccccc4c4ccccc43)cc(-n3c4ccccc4c4ccccc43)c2)cc(-c2cc(-n3c4ccccc4c4ccccc43)cc(-n3c4ccccc4c4ccccc43)c2)c1. The van der Waals surface area contributed by atoms with Gasteiger partial charge in [-0.25, -0.2) is 0 Å². The molecule has 4 aromatic heterocycles. The molecule has 4 heteroatoms. The topological polar surface area (TPSA) is 19.7 Å². The summed E-state index contributed by atoms with van der Waals surface area (Å²) in [6, 6.07) is 93.8.